The van der Waals surface area contributed by atoms with Gasteiger partial charge in [0, 0.05) is 68.4 Å². The van der Waals surface area contributed by atoms with Crippen LogP contribution >= 0.6 is 0 Å². The van der Waals surface area contributed by atoms with Gasteiger partial charge in [-0.15, -0.1) is 5.10 Å². The summed E-state index contributed by atoms with van der Waals surface area (Å²) in [4.78, 5) is 81.0. The van der Waals surface area contributed by atoms with Crippen molar-refractivity contribution in [3.63, 3.8) is 0 Å². The molecule has 386 valence electrons. The SMILES string of the molecule is CC[C@@H]1C(=O)N(C)c2cnc(Nc3ccc(-c4cn(C5CCC(N(CCCOCCC#Cc6ccc7c(c6)CN(C6CCC(=O)NC6=O)C7=O)C(=O)OC(C)(C)C)CC5)nn4)cc3OC)nc2N1C1CCCC1. The number of ether oxygens (including phenoxy) is 3. The highest BCUT2D eigenvalue weighted by atomic mass is 16.6. The van der Waals surface area contributed by atoms with Gasteiger partial charge in [0.25, 0.3) is 5.91 Å². The largest absolute Gasteiger partial charge is 0.495 e. The Morgan fingerprint density at radius 3 is 2.51 bits per heavy atom. The summed E-state index contributed by atoms with van der Waals surface area (Å²) in [6.07, 6.45) is 13.3. The predicted octanol–water partition coefficient (Wildman–Crippen LogP) is 7.32. The third-order valence-electron chi connectivity index (χ3n) is 14.6. The summed E-state index contributed by atoms with van der Waals surface area (Å²) in [5.74, 6) is 7.22. The van der Waals surface area contributed by atoms with Crippen molar-refractivity contribution < 1.29 is 38.2 Å². The molecule has 2 saturated carbocycles. The minimum Gasteiger partial charge on any atom is -0.495 e. The standard InChI is InChI=1S/C54H67N11O8/c1-7-43-51(69)61(5)45-31-55-52(58-48(45)65(43)39-14-8-9-15-39)56-41-23-17-35(30-46(41)71-6)42-33-64(60-59-42)38-20-18-37(19-21-38)62(53(70)73-54(2,3)4)26-12-28-72-27-11-10-13-34-16-22-40-36(29-34)32-63(50(40)68)44-24-25-47(66)57-49(44)67/h16-17,22-23,29-31,33,37-39,43-44H,7-9,11-12,14-15,18-21,24-28,32H2,1-6H3,(H,55,56,58)(H,57,66,67)/t37?,38?,43-,44?/m1/s1. The first kappa shape index (κ1) is 50.9. The molecular weight excluding hydrogens is 931 g/mol. The van der Waals surface area contributed by atoms with Crippen LogP contribution in [-0.2, 0) is 30.4 Å². The van der Waals surface area contributed by atoms with E-state index in [1.54, 1.807) is 37.4 Å². The van der Waals surface area contributed by atoms with E-state index in [2.05, 4.69) is 49.6 Å². The van der Waals surface area contributed by atoms with E-state index < -0.39 is 17.6 Å². The smallest absolute Gasteiger partial charge is 0.410 e. The number of anilines is 4. The Morgan fingerprint density at radius 1 is 0.973 bits per heavy atom. The molecule has 1 saturated heterocycles. The number of likely N-dealkylation sites (N-methyl/N-ethyl adjacent to an activating group) is 1. The Balaban J connectivity index is 0.762. The van der Waals surface area contributed by atoms with E-state index in [9.17, 15) is 24.0 Å². The molecule has 4 aromatic rings. The summed E-state index contributed by atoms with van der Waals surface area (Å²) in [6.45, 7) is 9.37. The molecule has 5 amide bonds. The van der Waals surface area contributed by atoms with E-state index in [0.717, 1.165) is 73.9 Å². The van der Waals surface area contributed by atoms with Crippen LogP contribution in [0.3, 0.4) is 0 Å². The van der Waals surface area contributed by atoms with Gasteiger partial charge in [-0.25, -0.2) is 14.5 Å². The molecule has 3 fully saturated rings. The number of benzene rings is 2. The number of hydrogen-bond acceptors (Lipinski definition) is 14. The van der Waals surface area contributed by atoms with Gasteiger partial charge >= 0.3 is 6.09 Å². The quantitative estimate of drug-likeness (QED) is 0.0680. The normalized spacial score (nSPS) is 21.1. The van der Waals surface area contributed by atoms with E-state index in [0.29, 0.717) is 86.3 Å². The van der Waals surface area contributed by atoms with Crippen molar-refractivity contribution in [3.05, 3.63) is 65.5 Å². The lowest BCUT2D eigenvalue weighted by Crippen LogP contribution is -2.55. The van der Waals surface area contributed by atoms with E-state index in [1.807, 2.05) is 60.8 Å². The van der Waals surface area contributed by atoms with Gasteiger partial charge in [0.1, 0.15) is 34.8 Å². The highest BCUT2D eigenvalue weighted by molar-refractivity contribution is 6.06. The number of carbonyl (C=O) groups excluding carboxylic acids is 5. The highest BCUT2D eigenvalue weighted by Crippen LogP contribution is 2.41. The molecule has 9 rings (SSSR count). The number of fused-ring (bicyclic) bond motifs is 2. The fourth-order valence-electron chi connectivity index (χ4n) is 10.9. The second-order valence-electron chi connectivity index (χ2n) is 20.6. The second-order valence-corrected chi connectivity index (χ2v) is 20.6. The molecule has 2 N–H and O–H groups in total. The lowest BCUT2D eigenvalue weighted by molar-refractivity contribution is -0.137. The first-order chi connectivity index (χ1) is 35.2. The maximum Gasteiger partial charge on any atom is 0.410 e. The van der Waals surface area contributed by atoms with Gasteiger partial charge in [-0.05, 0) is 114 Å². The second kappa shape index (κ2) is 22.0. The number of nitrogens with zero attached hydrogens (tertiary/aromatic N) is 9. The van der Waals surface area contributed by atoms with Crippen molar-refractivity contribution in [2.45, 2.75) is 154 Å². The highest BCUT2D eigenvalue weighted by Gasteiger charge is 2.42. The Labute approximate surface area is 426 Å². The molecule has 1 unspecified atom stereocenters. The summed E-state index contributed by atoms with van der Waals surface area (Å²) in [7, 11) is 3.42. The summed E-state index contributed by atoms with van der Waals surface area (Å²) in [5.41, 5.74) is 4.46. The molecule has 0 spiro atoms. The van der Waals surface area contributed by atoms with Crippen LogP contribution in [0, 0.1) is 11.8 Å². The van der Waals surface area contributed by atoms with E-state index in [4.69, 9.17) is 19.2 Å². The van der Waals surface area contributed by atoms with Crippen LogP contribution in [0.4, 0.5) is 27.9 Å². The monoisotopic (exact) mass is 998 g/mol. The Bertz CT molecular complexity index is 2780. The molecule has 2 aromatic heterocycles. The fourth-order valence-corrected chi connectivity index (χ4v) is 10.9. The van der Waals surface area contributed by atoms with Crippen LogP contribution < -0.4 is 25.2 Å². The van der Waals surface area contributed by atoms with Gasteiger partial charge in [0.05, 0.1) is 37.8 Å². The van der Waals surface area contributed by atoms with Crippen molar-refractivity contribution in [1.82, 2.24) is 40.1 Å². The first-order valence-electron chi connectivity index (χ1n) is 25.8. The van der Waals surface area contributed by atoms with Crippen LogP contribution in [0.25, 0.3) is 11.3 Å². The number of imide groups is 1. The Hall–Kier alpha value is -7.07. The minimum atomic E-state index is -0.658. The molecular formula is C54H67N11O8. The Kier molecular flexibility index (Phi) is 15.3. The van der Waals surface area contributed by atoms with E-state index in [1.165, 1.54) is 4.90 Å². The first-order valence-corrected chi connectivity index (χ1v) is 25.8. The molecule has 5 heterocycles. The summed E-state index contributed by atoms with van der Waals surface area (Å²) in [6, 6.07) is 10.7. The minimum absolute atomic E-state index is 0.00401. The fraction of sp³-hybridized carbons (Fsp3) is 0.537. The molecule has 19 heteroatoms. The third-order valence-corrected chi connectivity index (χ3v) is 14.6. The van der Waals surface area contributed by atoms with Gasteiger partial charge in [-0.1, -0.05) is 42.9 Å². The zero-order valence-corrected chi connectivity index (χ0v) is 42.8. The number of hydrogen-bond donors (Lipinski definition) is 2. The van der Waals surface area contributed by atoms with Crippen molar-refractivity contribution in [3.8, 4) is 28.8 Å². The molecule has 73 heavy (non-hydrogen) atoms. The summed E-state index contributed by atoms with van der Waals surface area (Å²) in [5, 5.41) is 14.8. The molecule has 0 radical (unpaired) electrons. The van der Waals surface area contributed by atoms with Crippen LogP contribution in [0.5, 0.6) is 5.75 Å². The average Bonchev–Trinajstić information content (AvgIpc) is 4.16. The number of rotatable bonds is 15. The number of aromatic nitrogens is 5. The van der Waals surface area contributed by atoms with Crippen molar-refractivity contribution in [2.24, 2.45) is 0 Å². The van der Waals surface area contributed by atoms with Crippen molar-refractivity contribution in [2.75, 3.05) is 49.0 Å². The van der Waals surface area contributed by atoms with Gasteiger partial charge in [0.2, 0.25) is 23.7 Å². The molecule has 0 bridgehead atoms. The Morgan fingerprint density at radius 2 is 1.77 bits per heavy atom. The maximum absolute atomic E-state index is 13.6. The molecule has 2 atom stereocenters. The molecule has 3 aliphatic heterocycles. The topological polar surface area (TPSA) is 207 Å². The number of methoxy groups -OCH3 is 1. The zero-order valence-electron chi connectivity index (χ0n) is 42.8. The van der Waals surface area contributed by atoms with Crippen LogP contribution in [0.2, 0.25) is 0 Å². The van der Waals surface area contributed by atoms with E-state index >= 15 is 0 Å². The van der Waals surface area contributed by atoms with Gasteiger partial charge in [-0.3, -0.25) is 24.5 Å². The van der Waals surface area contributed by atoms with Crippen LogP contribution in [0.15, 0.2) is 48.8 Å². The maximum atomic E-state index is 13.6. The molecule has 2 aromatic carbocycles. The van der Waals surface area contributed by atoms with Crippen molar-refractivity contribution >= 4 is 52.9 Å². The predicted molar refractivity (Wildman–Crippen MR) is 273 cm³/mol. The number of piperidine rings is 1. The molecule has 5 aliphatic rings. The number of amides is 5. The number of carbonyl (C=O) groups is 5. The van der Waals surface area contributed by atoms with Crippen molar-refractivity contribution in [1.29, 1.82) is 0 Å². The summed E-state index contributed by atoms with van der Waals surface area (Å²) < 4.78 is 19.6. The zero-order chi connectivity index (χ0) is 51.4. The average molecular weight is 998 g/mol. The molecule has 19 nitrogen and oxygen atoms in total. The number of nitrogens with one attached hydrogen (secondary N) is 2. The van der Waals surface area contributed by atoms with Crippen LogP contribution in [0.1, 0.15) is 139 Å². The van der Waals surface area contributed by atoms with E-state index in [-0.39, 0.29) is 54.4 Å². The molecule has 2 aliphatic carbocycles. The van der Waals surface area contributed by atoms with Crippen LogP contribution in [-0.4, -0.2) is 128 Å². The van der Waals surface area contributed by atoms with Gasteiger partial charge < -0.3 is 39.1 Å². The summed E-state index contributed by atoms with van der Waals surface area (Å²) >= 11 is 0. The van der Waals surface area contributed by atoms with Gasteiger partial charge in [0.15, 0.2) is 5.82 Å². The lowest BCUT2D eigenvalue weighted by Gasteiger charge is -2.43. The van der Waals surface area contributed by atoms with Gasteiger partial charge in [-0.2, -0.15) is 4.98 Å². The lowest BCUT2D eigenvalue weighted by atomic mass is 9.90. The third kappa shape index (κ3) is 11.3.